The molecule has 0 aromatic carbocycles. The van der Waals surface area contributed by atoms with Crippen molar-refractivity contribution in [2.75, 3.05) is 0 Å². The number of aryl methyl sites for hydroxylation is 1. The molecule has 1 heterocycles. The van der Waals surface area contributed by atoms with Crippen molar-refractivity contribution >= 4 is 17.1 Å². The van der Waals surface area contributed by atoms with Crippen molar-refractivity contribution in [1.29, 1.82) is 0 Å². The second-order valence-electron chi connectivity index (χ2n) is 5.18. The van der Waals surface area contributed by atoms with Gasteiger partial charge in [-0.15, -0.1) is 11.3 Å². The van der Waals surface area contributed by atoms with Crippen molar-refractivity contribution in [2.24, 2.45) is 11.8 Å². The summed E-state index contributed by atoms with van der Waals surface area (Å²) in [6.45, 7) is 2.25. The quantitative estimate of drug-likeness (QED) is 0.753. The van der Waals surface area contributed by atoms with Gasteiger partial charge in [0.2, 0.25) is 0 Å². The van der Waals surface area contributed by atoms with Crippen LogP contribution in [-0.2, 0) is 11.2 Å². The zero-order valence-electron chi connectivity index (χ0n) is 10.7. The van der Waals surface area contributed by atoms with E-state index in [0.29, 0.717) is 11.7 Å². The van der Waals surface area contributed by atoms with Crippen LogP contribution in [0.2, 0.25) is 0 Å². The third-order valence-electron chi connectivity index (χ3n) is 4.01. The molecule has 1 aromatic heterocycles. The molecule has 1 aromatic rings. The molecular formula is C15H22OS. The maximum Gasteiger partial charge on any atom is 0.136 e. The van der Waals surface area contributed by atoms with E-state index in [1.54, 1.807) is 11.3 Å². The molecule has 0 bridgehead atoms. The van der Waals surface area contributed by atoms with Gasteiger partial charge in [0.15, 0.2) is 0 Å². The fourth-order valence-corrected chi connectivity index (χ4v) is 3.57. The molecule has 1 nitrogen and oxygen atoms in total. The predicted octanol–water partition coefficient (Wildman–Crippen LogP) is 4.47. The summed E-state index contributed by atoms with van der Waals surface area (Å²) < 4.78 is 0. The van der Waals surface area contributed by atoms with Crippen molar-refractivity contribution in [3.05, 3.63) is 22.4 Å². The van der Waals surface area contributed by atoms with Crippen LogP contribution in [-0.4, -0.2) is 5.78 Å². The molecule has 0 radical (unpaired) electrons. The third-order valence-corrected chi connectivity index (χ3v) is 4.95. The van der Waals surface area contributed by atoms with Gasteiger partial charge >= 0.3 is 0 Å². The Morgan fingerprint density at radius 1 is 1.47 bits per heavy atom. The van der Waals surface area contributed by atoms with Crippen molar-refractivity contribution in [1.82, 2.24) is 0 Å². The topological polar surface area (TPSA) is 17.1 Å². The number of carbonyl (C=O) groups is 1. The van der Waals surface area contributed by atoms with Gasteiger partial charge in [0.05, 0.1) is 0 Å². The second kappa shape index (κ2) is 6.34. The number of thiophene rings is 1. The monoisotopic (exact) mass is 250 g/mol. The van der Waals surface area contributed by atoms with Crippen LogP contribution in [0.4, 0.5) is 0 Å². The fourth-order valence-electron chi connectivity index (χ4n) is 2.86. The molecule has 2 unspecified atom stereocenters. The molecule has 94 valence electrons. The third kappa shape index (κ3) is 3.67. The minimum absolute atomic E-state index is 0.369. The van der Waals surface area contributed by atoms with Crippen molar-refractivity contribution < 1.29 is 4.79 Å². The molecular weight excluding hydrogens is 228 g/mol. The standard InChI is InChI=1S/C15H22OS/c1-2-12-5-3-6-13(11-12)15(16)9-8-14-7-4-10-17-14/h4,7,10,12-13H,2-3,5-6,8-9,11H2,1H3. The van der Waals surface area contributed by atoms with Gasteiger partial charge in [-0.1, -0.05) is 32.3 Å². The lowest BCUT2D eigenvalue weighted by atomic mass is 9.77. The van der Waals surface area contributed by atoms with Gasteiger partial charge in [-0.25, -0.2) is 0 Å². The molecule has 0 spiro atoms. The maximum absolute atomic E-state index is 12.2. The van der Waals surface area contributed by atoms with Crippen molar-refractivity contribution in [3.63, 3.8) is 0 Å². The number of hydrogen-bond donors (Lipinski definition) is 0. The summed E-state index contributed by atoms with van der Waals surface area (Å²) in [6.07, 6.45) is 7.83. The van der Waals surface area contributed by atoms with E-state index in [2.05, 4.69) is 24.4 Å². The van der Waals surface area contributed by atoms with E-state index in [9.17, 15) is 4.79 Å². The van der Waals surface area contributed by atoms with E-state index in [-0.39, 0.29) is 0 Å². The van der Waals surface area contributed by atoms with Crippen molar-refractivity contribution in [2.45, 2.75) is 51.9 Å². The molecule has 0 saturated heterocycles. The Hall–Kier alpha value is -0.630. The van der Waals surface area contributed by atoms with Crippen LogP contribution in [0.25, 0.3) is 0 Å². The molecule has 2 rings (SSSR count). The smallest absolute Gasteiger partial charge is 0.136 e. The Balaban J connectivity index is 1.79. The highest BCUT2D eigenvalue weighted by atomic mass is 32.1. The number of hydrogen-bond acceptors (Lipinski definition) is 2. The Morgan fingerprint density at radius 2 is 2.35 bits per heavy atom. The Bertz CT molecular complexity index is 342. The number of ketones is 1. The average Bonchev–Trinajstić information content (AvgIpc) is 2.89. The average molecular weight is 250 g/mol. The Labute approximate surface area is 108 Å². The van der Waals surface area contributed by atoms with Crippen LogP contribution in [0.3, 0.4) is 0 Å². The number of rotatable bonds is 5. The Kier molecular flexibility index (Phi) is 4.78. The highest BCUT2D eigenvalue weighted by Gasteiger charge is 2.25. The van der Waals surface area contributed by atoms with Crippen LogP contribution in [0.5, 0.6) is 0 Å². The lowest BCUT2D eigenvalue weighted by Gasteiger charge is -2.27. The van der Waals surface area contributed by atoms with Crippen LogP contribution in [0, 0.1) is 11.8 Å². The van der Waals surface area contributed by atoms with Crippen LogP contribution in [0.15, 0.2) is 17.5 Å². The van der Waals surface area contributed by atoms with Crippen LogP contribution in [0.1, 0.15) is 50.3 Å². The molecule has 0 aliphatic heterocycles. The second-order valence-corrected chi connectivity index (χ2v) is 6.22. The van der Waals surface area contributed by atoms with E-state index >= 15 is 0 Å². The summed E-state index contributed by atoms with van der Waals surface area (Å²) in [5, 5.41) is 2.09. The lowest BCUT2D eigenvalue weighted by Crippen LogP contribution is -2.22. The van der Waals surface area contributed by atoms with E-state index in [1.165, 1.54) is 24.1 Å². The molecule has 0 amide bonds. The largest absolute Gasteiger partial charge is 0.299 e. The SMILES string of the molecule is CCC1CCCC(C(=O)CCc2cccs2)C1. The molecule has 17 heavy (non-hydrogen) atoms. The van der Waals surface area contributed by atoms with Gasteiger partial charge in [0.1, 0.15) is 5.78 Å². The zero-order valence-corrected chi connectivity index (χ0v) is 11.5. The van der Waals surface area contributed by atoms with E-state index in [0.717, 1.165) is 31.6 Å². The van der Waals surface area contributed by atoms with Gasteiger partial charge in [-0.2, -0.15) is 0 Å². The number of Topliss-reactive ketones (excluding diaryl/α,β-unsaturated/α-hetero) is 1. The van der Waals surface area contributed by atoms with E-state index < -0.39 is 0 Å². The van der Waals surface area contributed by atoms with Gasteiger partial charge in [-0.05, 0) is 36.6 Å². The summed E-state index contributed by atoms with van der Waals surface area (Å²) in [7, 11) is 0. The highest BCUT2D eigenvalue weighted by Crippen LogP contribution is 2.32. The van der Waals surface area contributed by atoms with Gasteiger partial charge in [0.25, 0.3) is 0 Å². The molecule has 1 fully saturated rings. The first-order valence-corrected chi connectivity index (χ1v) is 7.72. The lowest BCUT2D eigenvalue weighted by molar-refractivity contribution is -0.124. The molecule has 1 saturated carbocycles. The molecule has 2 atom stereocenters. The highest BCUT2D eigenvalue weighted by molar-refractivity contribution is 7.09. The predicted molar refractivity (Wildman–Crippen MR) is 73.4 cm³/mol. The maximum atomic E-state index is 12.2. The summed E-state index contributed by atoms with van der Waals surface area (Å²) in [4.78, 5) is 13.5. The van der Waals surface area contributed by atoms with Crippen LogP contribution >= 0.6 is 11.3 Å². The summed E-state index contributed by atoms with van der Waals surface area (Å²) >= 11 is 1.76. The van der Waals surface area contributed by atoms with Crippen molar-refractivity contribution in [3.8, 4) is 0 Å². The van der Waals surface area contributed by atoms with Gasteiger partial charge in [-0.3, -0.25) is 4.79 Å². The molecule has 1 aliphatic rings. The first-order chi connectivity index (χ1) is 8.29. The molecule has 2 heteroatoms. The first kappa shape index (κ1) is 12.8. The van der Waals surface area contributed by atoms with Crippen LogP contribution < -0.4 is 0 Å². The van der Waals surface area contributed by atoms with Gasteiger partial charge in [0, 0.05) is 17.2 Å². The summed E-state index contributed by atoms with van der Waals surface area (Å²) in [6, 6.07) is 4.20. The Morgan fingerprint density at radius 3 is 3.06 bits per heavy atom. The fraction of sp³-hybridized carbons (Fsp3) is 0.667. The summed E-state index contributed by atoms with van der Waals surface area (Å²) in [5.41, 5.74) is 0. The minimum Gasteiger partial charge on any atom is -0.299 e. The number of carbonyl (C=O) groups excluding carboxylic acids is 1. The van der Waals surface area contributed by atoms with Gasteiger partial charge < -0.3 is 0 Å². The molecule has 1 aliphatic carbocycles. The normalized spacial score (nSPS) is 24.8. The minimum atomic E-state index is 0.369. The summed E-state index contributed by atoms with van der Waals surface area (Å²) in [5.74, 6) is 1.68. The molecule has 0 N–H and O–H groups in total. The van der Waals surface area contributed by atoms with E-state index in [1.807, 2.05) is 0 Å². The zero-order chi connectivity index (χ0) is 12.1. The first-order valence-electron chi connectivity index (χ1n) is 6.84. The van der Waals surface area contributed by atoms with E-state index in [4.69, 9.17) is 0 Å².